The minimum absolute atomic E-state index is 0.0675. The second kappa shape index (κ2) is 5.48. The summed E-state index contributed by atoms with van der Waals surface area (Å²) >= 11 is 0. The molecule has 106 valence electrons. The van der Waals surface area contributed by atoms with Crippen LogP contribution in [-0.4, -0.2) is 45.6 Å². The average molecular weight is 285 g/mol. The molecular formula is C13H19NO4S. The maximum atomic E-state index is 12.6. The fourth-order valence-electron chi connectivity index (χ4n) is 2.18. The Balaban J connectivity index is 2.33. The maximum Gasteiger partial charge on any atom is 0.243 e. The van der Waals surface area contributed by atoms with Crippen LogP contribution >= 0.6 is 0 Å². The number of rotatable bonds is 3. The quantitative estimate of drug-likeness (QED) is 0.842. The molecule has 19 heavy (non-hydrogen) atoms. The topological polar surface area (TPSA) is 55.8 Å². The van der Waals surface area contributed by atoms with Crippen LogP contribution < -0.4 is 4.74 Å². The molecule has 0 spiro atoms. The van der Waals surface area contributed by atoms with Gasteiger partial charge in [0.1, 0.15) is 5.75 Å². The van der Waals surface area contributed by atoms with E-state index < -0.39 is 10.0 Å². The molecule has 0 amide bonds. The summed E-state index contributed by atoms with van der Waals surface area (Å²) in [5.74, 6) is 0.659. The van der Waals surface area contributed by atoms with E-state index >= 15 is 0 Å². The number of methoxy groups -OCH3 is 1. The minimum Gasteiger partial charge on any atom is -0.497 e. The molecule has 1 saturated heterocycles. The monoisotopic (exact) mass is 285 g/mol. The number of nitrogens with zero attached hydrogens (tertiary/aromatic N) is 1. The molecule has 1 heterocycles. The van der Waals surface area contributed by atoms with Gasteiger partial charge in [0.2, 0.25) is 10.0 Å². The lowest BCUT2D eigenvalue weighted by atomic mass is 10.2. The number of sulfonamides is 1. The first kappa shape index (κ1) is 14.3. The van der Waals surface area contributed by atoms with Gasteiger partial charge in [0.15, 0.2) is 0 Å². The van der Waals surface area contributed by atoms with Gasteiger partial charge in [-0.3, -0.25) is 0 Å². The summed E-state index contributed by atoms with van der Waals surface area (Å²) in [7, 11) is -1.89. The lowest BCUT2D eigenvalue weighted by Crippen LogP contribution is -2.44. The smallest absolute Gasteiger partial charge is 0.243 e. The normalized spacial score (nSPS) is 21.3. The van der Waals surface area contributed by atoms with Crippen LogP contribution in [0.3, 0.4) is 0 Å². The zero-order valence-corrected chi connectivity index (χ0v) is 12.2. The third-order valence-electron chi connectivity index (χ3n) is 3.20. The van der Waals surface area contributed by atoms with Crippen molar-refractivity contribution >= 4 is 10.0 Å². The molecule has 2 rings (SSSR count). The molecule has 1 aliphatic rings. The van der Waals surface area contributed by atoms with Crippen LogP contribution in [0.1, 0.15) is 12.5 Å². The Hall–Kier alpha value is -1.11. The Kier molecular flexibility index (Phi) is 4.13. The van der Waals surface area contributed by atoms with E-state index in [-0.39, 0.29) is 6.10 Å². The van der Waals surface area contributed by atoms with Gasteiger partial charge in [-0.15, -0.1) is 0 Å². The highest BCUT2D eigenvalue weighted by Crippen LogP contribution is 2.25. The number of aryl methyl sites for hydroxylation is 1. The summed E-state index contributed by atoms with van der Waals surface area (Å²) in [6.07, 6.45) is -0.0675. The largest absolute Gasteiger partial charge is 0.497 e. The number of hydrogen-bond acceptors (Lipinski definition) is 4. The summed E-state index contributed by atoms with van der Waals surface area (Å²) in [5, 5.41) is 0. The van der Waals surface area contributed by atoms with Crippen molar-refractivity contribution in [2.75, 3.05) is 26.8 Å². The zero-order valence-electron chi connectivity index (χ0n) is 11.4. The highest BCUT2D eigenvalue weighted by molar-refractivity contribution is 7.89. The molecule has 0 bridgehead atoms. The molecule has 1 unspecified atom stereocenters. The molecule has 0 radical (unpaired) electrons. The third kappa shape index (κ3) is 2.91. The van der Waals surface area contributed by atoms with Crippen LogP contribution in [0.15, 0.2) is 23.1 Å². The first-order valence-electron chi connectivity index (χ1n) is 6.21. The van der Waals surface area contributed by atoms with E-state index in [1.807, 2.05) is 6.92 Å². The zero-order chi connectivity index (χ0) is 14.0. The Morgan fingerprint density at radius 1 is 1.42 bits per heavy atom. The van der Waals surface area contributed by atoms with Crippen LogP contribution in [0.2, 0.25) is 0 Å². The molecule has 0 aromatic heterocycles. The average Bonchev–Trinajstić information content (AvgIpc) is 2.38. The number of hydrogen-bond donors (Lipinski definition) is 0. The molecule has 5 nitrogen and oxygen atoms in total. The highest BCUT2D eigenvalue weighted by atomic mass is 32.2. The molecule has 0 saturated carbocycles. The number of ether oxygens (including phenoxy) is 2. The third-order valence-corrected chi connectivity index (χ3v) is 5.23. The van der Waals surface area contributed by atoms with Crippen molar-refractivity contribution in [3.63, 3.8) is 0 Å². The van der Waals surface area contributed by atoms with Gasteiger partial charge in [0.05, 0.1) is 24.7 Å². The van der Waals surface area contributed by atoms with Gasteiger partial charge in [-0.05, 0) is 37.6 Å². The maximum absolute atomic E-state index is 12.6. The predicted molar refractivity (Wildman–Crippen MR) is 71.9 cm³/mol. The number of benzene rings is 1. The first-order valence-corrected chi connectivity index (χ1v) is 7.65. The fraction of sp³-hybridized carbons (Fsp3) is 0.538. The second-order valence-corrected chi connectivity index (χ2v) is 6.58. The van der Waals surface area contributed by atoms with Crippen LogP contribution in [0.4, 0.5) is 0 Å². The minimum atomic E-state index is -3.45. The summed E-state index contributed by atoms with van der Waals surface area (Å²) in [5.41, 5.74) is 0.693. The second-order valence-electron chi connectivity index (χ2n) is 4.68. The van der Waals surface area contributed by atoms with Crippen molar-refractivity contribution in [2.24, 2.45) is 0 Å². The predicted octanol–water partition coefficient (Wildman–Crippen LogP) is 1.41. The van der Waals surface area contributed by atoms with Crippen LogP contribution in [0, 0.1) is 6.92 Å². The SMILES string of the molecule is COc1ccc(S(=O)(=O)N2CCOC(C)C2)c(C)c1. The van der Waals surface area contributed by atoms with Gasteiger partial charge in [-0.2, -0.15) is 4.31 Å². The lowest BCUT2D eigenvalue weighted by molar-refractivity contribution is 0.0102. The Labute approximate surface area is 114 Å². The standard InChI is InChI=1S/C13H19NO4S/c1-10-8-12(17-3)4-5-13(10)19(15,16)14-6-7-18-11(2)9-14/h4-5,8,11H,6-7,9H2,1-3H3. The molecule has 0 N–H and O–H groups in total. The fourth-order valence-corrected chi connectivity index (χ4v) is 3.89. The van der Waals surface area contributed by atoms with Crippen LogP contribution in [0.5, 0.6) is 5.75 Å². The van der Waals surface area contributed by atoms with E-state index in [0.717, 1.165) is 0 Å². The molecule has 0 aliphatic carbocycles. The molecule has 1 atom stereocenters. The molecule has 1 aromatic carbocycles. The summed E-state index contributed by atoms with van der Waals surface area (Å²) in [4.78, 5) is 0.336. The van der Waals surface area contributed by atoms with Crippen LogP contribution in [0.25, 0.3) is 0 Å². The van der Waals surface area contributed by atoms with Gasteiger partial charge in [0.25, 0.3) is 0 Å². The van der Waals surface area contributed by atoms with E-state index in [1.54, 1.807) is 32.2 Å². The molecule has 1 fully saturated rings. The first-order chi connectivity index (χ1) is 8.95. The molecule has 6 heteroatoms. The molecular weight excluding hydrogens is 266 g/mol. The summed E-state index contributed by atoms with van der Waals surface area (Å²) in [6.45, 7) is 4.89. The van der Waals surface area contributed by atoms with E-state index in [9.17, 15) is 8.42 Å². The van der Waals surface area contributed by atoms with Crippen molar-refractivity contribution in [2.45, 2.75) is 24.8 Å². The van der Waals surface area contributed by atoms with Crippen molar-refractivity contribution in [1.82, 2.24) is 4.31 Å². The molecule has 1 aromatic rings. The van der Waals surface area contributed by atoms with E-state index in [4.69, 9.17) is 9.47 Å². The Bertz CT molecular complexity index is 556. The summed E-state index contributed by atoms with van der Waals surface area (Å²) in [6, 6.07) is 5.00. The van der Waals surface area contributed by atoms with Gasteiger partial charge in [0, 0.05) is 13.1 Å². The van der Waals surface area contributed by atoms with Crippen molar-refractivity contribution < 1.29 is 17.9 Å². The number of morpholine rings is 1. The van der Waals surface area contributed by atoms with Crippen LogP contribution in [-0.2, 0) is 14.8 Å². The van der Waals surface area contributed by atoms with Gasteiger partial charge < -0.3 is 9.47 Å². The summed E-state index contributed by atoms with van der Waals surface area (Å²) < 4.78 is 37.1. The van der Waals surface area contributed by atoms with Crippen molar-refractivity contribution in [1.29, 1.82) is 0 Å². The molecule has 1 aliphatic heterocycles. The van der Waals surface area contributed by atoms with Gasteiger partial charge >= 0.3 is 0 Å². The van der Waals surface area contributed by atoms with Gasteiger partial charge in [-0.25, -0.2) is 8.42 Å². The van der Waals surface area contributed by atoms with E-state index in [0.29, 0.717) is 35.9 Å². The van der Waals surface area contributed by atoms with E-state index in [1.165, 1.54) is 4.31 Å². The Morgan fingerprint density at radius 3 is 2.74 bits per heavy atom. The van der Waals surface area contributed by atoms with E-state index in [2.05, 4.69) is 0 Å². The highest BCUT2D eigenvalue weighted by Gasteiger charge is 2.30. The van der Waals surface area contributed by atoms with Crippen molar-refractivity contribution in [3.8, 4) is 5.75 Å². The van der Waals surface area contributed by atoms with Crippen molar-refractivity contribution in [3.05, 3.63) is 23.8 Å². The lowest BCUT2D eigenvalue weighted by Gasteiger charge is -2.30. The van der Waals surface area contributed by atoms with Gasteiger partial charge in [-0.1, -0.05) is 0 Å². The Morgan fingerprint density at radius 2 is 2.16 bits per heavy atom.